The zero-order chi connectivity index (χ0) is 26.1. The number of nitrogens with one attached hydrogen (secondary N) is 1. The van der Waals surface area contributed by atoms with Crippen LogP contribution in [-0.2, 0) is 9.59 Å². The van der Waals surface area contributed by atoms with E-state index in [1.165, 1.54) is 12.0 Å². The molecule has 1 aliphatic rings. The van der Waals surface area contributed by atoms with Crippen LogP contribution in [0.1, 0.15) is 31.0 Å². The summed E-state index contributed by atoms with van der Waals surface area (Å²) in [5.41, 5.74) is 3.54. The predicted octanol–water partition coefficient (Wildman–Crippen LogP) is 5.65. The first kappa shape index (κ1) is 24.2. The number of aliphatic hydroxyl groups excluding tert-OH is 1. The van der Waals surface area contributed by atoms with Crippen molar-refractivity contribution in [3.8, 4) is 5.75 Å². The molecule has 1 aromatic heterocycles. The van der Waals surface area contributed by atoms with Crippen LogP contribution in [0.4, 0.5) is 11.4 Å². The Bertz CT molecular complexity index is 1500. The summed E-state index contributed by atoms with van der Waals surface area (Å²) < 4.78 is 5.54. The highest BCUT2D eigenvalue weighted by molar-refractivity contribution is 6.52. The molecule has 1 aliphatic heterocycles. The lowest BCUT2D eigenvalue weighted by atomic mass is 9.94. The molecule has 0 bridgehead atoms. The number of hydrogen-bond donors (Lipinski definition) is 2. The van der Waals surface area contributed by atoms with Crippen LogP contribution in [0.5, 0.6) is 5.75 Å². The van der Waals surface area contributed by atoms with E-state index in [0.717, 1.165) is 29.7 Å². The summed E-state index contributed by atoms with van der Waals surface area (Å²) in [4.78, 5) is 33.9. The maximum atomic E-state index is 13.5. The van der Waals surface area contributed by atoms with Crippen LogP contribution in [-0.4, -0.2) is 42.0 Å². The van der Waals surface area contributed by atoms with Crippen LogP contribution in [0.3, 0.4) is 0 Å². The molecule has 5 rings (SSSR count). The summed E-state index contributed by atoms with van der Waals surface area (Å²) in [5, 5.41) is 12.3. The lowest BCUT2D eigenvalue weighted by Gasteiger charge is -2.27. The van der Waals surface area contributed by atoms with Crippen LogP contribution in [0.15, 0.2) is 84.6 Å². The minimum absolute atomic E-state index is 0.0382. The zero-order valence-electron chi connectivity index (χ0n) is 21.1. The molecular formula is C30H29N3O4. The molecule has 7 nitrogen and oxygen atoms in total. The van der Waals surface area contributed by atoms with Crippen molar-refractivity contribution < 1.29 is 19.4 Å². The fourth-order valence-electron chi connectivity index (χ4n) is 5.09. The van der Waals surface area contributed by atoms with Crippen molar-refractivity contribution in [3.05, 3.63) is 95.7 Å². The Labute approximate surface area is 215 Å². The molecule has 0 spiro atoms. The number of fused-ring (bicyclic) bond motifs is 1. The third-order valence-corrected chi connectivity index (χ3v) is 6.97. The van der Waals surface area contributed by atoms with Crippen molar-refractivity contribution in [1.82, 2.24) is 4.98 Å². The number of ketones is 1. The molecule has 1 amide bonds. The first-order valence-electron chi connectivity index (χ1n) is 12.4. The van der Waals surface area contributed by atoms with Crippen molar-refractivity contribution in [1.29, 1.82) is 0 Å². The molecule has 2 heterocycles. The van der Waals surface area contributed by atoms with Crippen LogP contribution < -0.4 is 14.5 Å². The Morgan fingerprint density at radius 1 is 0.973 bits per heavy atom. The van der Waals surface area contributed by atoms with Crippen molar-refractivity contribution in [2.75, 3.05) is 30.0 Å². The third-order valence-electron chi connectivity index (χ3n) is 6.97. The Morgan fingerprint density at radius 2 is 1.65 bits per heavy atom. The highest BCUT2D eigenvalue weighted by Gasteiger charge is 2.48. The second-order valence-electron chi connectivity index (χ2n) is 8.85. The number of carbonyl (C=O) groups excluding carboxylic acids is 2. The number of para-hydroxylation sites is 3. The summed E-state index contributed by atoms with van der Waals surface area (Å²) in [6, 6.07) is 21.5. The Morgan fingerprint density at radius 3 is 2.35 bits per heavy atom. The Balaban J connectivity index is 1.73. The van der Waals surface area contributed by atoms with Crippen molar-refractivity contribution >= 4 is 39.7 Å². The molecule has 1 saturated heterocycles. The maximum absolute atomic E-state index is 13.5. The summed E-state index contributed by atoms with van der Waals surface area (Å²) in [7, 11) is 1.52. The standard InChI is InChI=1S/C30H29N3O4/c1-4-32(5-2)20-16-14-19(15-17-20)27-26(28(34)22-18-31-23-11-7-6-10-21(22)23)29(35)30(36)33(27)24-12-8-9-13-25(24)37-3/h6-18,27,31,34H,4-5H2,1-3H3/b28-26-. The minimum atomic E-state index is -0.837. The molecule has 0 saturated carbocycles. The Hall–Kier alpha value is -4.52. The first-order valence-corrected chi connectivity index (χ1v) is 12.4. The number of carbonyl (C=O) groups is 2. The molecule has 1 atom stereocenters. The summed E-state index contributed by atoms with van der Waals surface area (Å²) in [5.74, 6) is -1.22. The normalized spacial score (nSPS) is 16.9. The van der Waals surface area contributed by atoms with Gasteiger partial charge in [0.05, 0.1) is 24.4 Å². The average molecular weight is 496 g/mol. The monoisotopic (exact) mass is 495 g/mol. The molecule has 1 unspecified atom stereocenters. The van der Waals surface area contributed by atoms with Crippen molar-refractivity contribution in [2.45, 2.75) is 19.9 Å². The van der Waals surface area contributed by atoms with Gasteiger partial charge in [-0.25, -0.2) is 0 Å². The average Bonchev–Trinajstić information content (AvgIpc) is 3.48. The van der Waals surface area contributed by atoms with E-state index in [1.54, 1.807) is 30.5 Å². The van der Waals surface area contributed by atoms with Crippen LogP contribution in [0.2, 0.25) is 0 Å². The van der Waals surface area contributed by atoms with E-state index in [0.29, 0.717) is 22.6 Å². The quantitative estimate of drug-likeness (QED) is 0.197. The first-order chi connectivity index (χ1) is 18.0. The van der Waals surface area contributed by atoms with Crippen LogP contribution in [0.25, 0.3) is 16.7 Å². The fraction of sp³-hybridized carbons (Fsp3) is 0.200. The molecule has 2 N–H and O–H groups in total. The second-order valence-corrected chi connectivity index (χ2v) is 8.85. The summed E-state index contributed by atoms with van der Waals surface area (Å²) in [6.07, 6.45) is 1.66. The molecule has 37 heavy (non-hydrogen) atoms. The molecule has 3 aromatic carbocycles. The van der Waals surface area contributed by atoms with Gasteiger partial charge in [-0.2, -0.15) is 0 Å². The number of aromatic amines is 1. The van der Waals surface area contributed by atoms with Gasteiger partial charge in [-0.15, -0.1) is 0 Å². The molecule has 1 fully saturated rings. The van der Waals surface area contributed by atoms with Crippen LogP contribution >= 0.6 is 0 Å². The van der Waals surface area contributed by atoms with Crippen LogP contribution in [0, 0.1) is 0 Å². The Kier molecular flexibility index (Phi) is 6.44. The number of ether oxygens (including phenoxy) is 1. The third kappa shape index (κ3) is 4.02. The number of benzene rings is 3. The van der Waals surface area contributed by atoms with Gasteiger partial charge >= 0.3 is 0 Å². The smallest absolute Gasteiger partial charge is 0.300 e. The number of amides is 1. The molecule has 188 valence electrons. The second kappa shape index (κ2) is 9.85. The van der Waals surface area contributed by atoms with E-state index in [1.807, 2.05) is 48.5 Å². The van der Waals surface area contributed by atoms with Gasteiger partial charge in [0.1, 0.15) is 11.5 Å². The van der Waals surface area contributed by atoms with Gasteiger partial charge in [0.2, 0.25) is 0 Å². The topological polar surface area (TPSA) is 85.9 Å². The number of Topliss-reactive ketones (excluding diaryl/α,β-unsaturated/α-hetero) is 1. The lowest BCUT2D eigenvalue weighted by Crippen LogP contribution is -2.30. The van der Waals surface area contributed by atoms with Gasteiger partial charge in [0.15, 0.2) is 0 Å². The number of aliphatic hydroxyl groups is 1. The maximum Gasteiger partial charge on any atom is 0.300 e. The molecule has 7 heteroatoms. The van der Waals surface area contributed by atoms with E-state index < -0.39 is 17.7 Å². The van der Waals surface area contributed by atoms with E-state index in [2.05, 4.69) is 23.7 Å². The number of H-pyrrole nitrogens is 1. The molecular weight excluding hydrogens is 466 g/mol. The number of methoxy groups -OCH3 is 1. The van der Waals surface area contributed by atoms with Gasteiger partial charge in [-0.05, 0) is 49.7 Å². The van der Waals surface area contributed by atoms with E-state index in [-0.39, 0.29) is 11.3 Å². The van der Waals surface area contributed by atoms with Crippen molar-refractivity contribution in [3.63, 3.8) is 0 Å². The predicted molar refractivity (Wildman–Crippen MR) is 146 cm³/mol. The van der Waals surface area contributed by atoms with Gasteiger partial charge < -0.3 is 19.7 Å². The number of anilines is 2. The van der Waals surface area contributed by atoms with E-state index >= 15 is 0 Å². The van der Waals surface area contributed by atoms with Gasteiger partial charge in [-0.3, -0.25) is 14.5 Å². The molecule has 0 aliphatic carbocycles. The number of aromatic nitrogens is 1. The minimum Gasteiger partial charge on any atom is -0.507 e. The SMILES string of the molecule is CCN(CC)c1ccc(C2/C(=C(/O)c3c[nH]c4ccccc34)C(=O)C(=O)N2c2ccccc2OC)cc1. The van der Waals surface area contributed by atoms with E-state index in [4.69, 9.17) is 4.74 Å². The highest BCUT2D eigenvalue weighted by atomic mass is 16.5. The van der Waals surface area contributed by atoms with Gasteiger partial charge in [0, 0.05) is 41.4 Å². The number of hydrogen-bond acceptors (Lipinski definition) is 5. The highest BCUT2D eigenvalue weighted by Crippen LogP contribution is 2.45. The molecule has 0 radical (unpaired) electrons. The lowest BCUT2D eigenvalue weighted by molar-refractivity contribution is -0.132. The van der Waals surface area contributed by atoms with E-state index in [9.17, 15) is 14.7 Å². The van der Waals surface area contributed by atoms with Gasteiger partial charge in [0.25, 0.3) is 11.7 Å². The van der Waals surface area contributed by atoms with Gasteiger partial charge in [-0.1, -0.05) is 42.5 Å². The largest absolute Gasteiger partial charge is 0.507 e. The number of nitrogens with zero attached hydrogens (tertiary/aromatic N) is 2. The van der Waals surface area contributed by atoms with Crippen molar-refractivity contribution in [2.24, 2.45) is 0 Å². The summed E-state index contributed by atoms with van der Waals surface area (Å²) in [6.45, 7) is 5.90. The fourth-order valence-corrected chi connectivity index (χ4v) is 5.09. The zero-order valence-corrected chi connectivity index (χ0v) is 21.1. The summed E-state index contributed by atoms with van der Waals surface area (Å²) >= 11 is 0. The molecule has 4 aromatic rings. The number of rotatable bonds is 7.